The van der Waals surface area contributed by atoms with Crippen LogP contribution in [0.1, 0.15) is 54.5 Å². The van der Waals surface area contributed by atoms with E-state index in [2.05, 4.69) is 45.3 Å². The van der Waals surface area contributed by atoms with Gasteiger partial charge in [0.25, 0.3) is 15.9 Å². The first-order valence-electron chi connectivity index (χ1n) is 16.0. The molecule has 2 aromatic carbocycles. The Kier molecular flexibility index (Phi) is 9.35. The van der Waals surface area contributed by atoms with Gasteiger partial charge in [0.2, 0.25) is 11.8 Å². The Morgan fingerprint density at radius 2 is 1.69 bits per heavy atom. The minimum absolute atomic E-state index is 0.0824. The fourth-order valence-electron chi connectivity index (χ4n) is 6.13. The van der Waals surface area contributed by atoms with Crippen molar-refractivity contribution in [3.05, 3.63) is 83.3 Å². The third-order valence-corrected chi connectivity index (χ3v) is 9.69. The van der Waals surface area contributed by atoms with Crippen LogP contribution in [0.4, 0.5) is 11.8 Å². The summed E-state index contributed by atoms with van der Waals surface area (Å²) >= 11 is 0. The van der Waals surface area contributed by atoms with E-state index in [1.807, 2.05) is 38.1 Å². The molecule has 1 atom stereocenters. The van der Waals surface area contributed by atoms with Crippen molar-refractivity contribution in [2.75, 3.05) is 42.5 Å². The van der Waals surface area contributed by atoms with Crippen molar-refractivity contribution in [1.29, 1.82) is 0 Å². The summed E-state index contributed by atoms with van der Waals surface area (Å²) in [4.78, 5) is 36.6. The summed E-state index contributed by atoms with van der Waals surface area (Å²) in [6.45, 7) is 13.1. The van der Waals surface area contributed by atoms with Gasteiger partial charge >= 0.3 is 0 Å². The number of hydrogen-bond acceptors (Lipinski definition) is 10. The van der Waals surface area contributed by atoms with Gasteiger partial charge in [0.05, 0.1) is 36.4 Å². The number of carbonyl (C=O) groups excluding carboxylic acids is 1. The molecule has 2 aromatic heterocycles. The van der Waals surface area contributed by atoms with Gasteiger partial charge in [0, 0.05) is 36.5 Å². The van der Waals surface area contributed by atoms with Crippen LogP contribution in [-0.4, -0.2) is 78.1 Å². The van der Waals surface area contributed by atoms with Crippen LogP contribution in [0.5, 0.6) is 5.88 Å². The topological polar surface area (TPSA) is 140 Å². The largest absolute Gasteiger partial charge is 0.475 e. The third kappa shape index (κ3) is 7.57. The standard InChI is InChI=1S/C35H41N7O5S/c1-23-8-6-9-24(2)32(23)28-19-31-39-34(37-28)40-48(44,45)27-11-7-10-25(18-27)33(43)42(26(22-47-31)20-35(3,4)5)21-29-36-13-12-30(38-29)41-14-16-46-17-15-41/h6-13,18-19,26H,14-17,20-22H2,1-5H3,(H,37,39,40)/t26-/m1/s1. The lowest BCUT2D eigenvalue weighted by Crippen LogP contribution is -2.45. The minimum atomic E-state index is -4.18. The van der Waals surface area contributed by atoms with E-state index in [1.165, 1.54) is 12.1 Å². The molecule has 12 nitrogen and oxygen atoms in total. The molecule has 1 fully saturated rings. The van der Waals surface area contributed by atoms with Gasteiger partial charge in [-0.15, -0.1) is 0 Å². The molecule has 4 bridgehead atoms. The fourth-order valence-corrected chi connectivity index (χ4v) is 7.12. The molecule has 0 unspecified atom stereocenters. The molecule has 0 aliphatic carbocycles. The first kappa shape index (κ1) is 33.3. The van der Waals surface area contributed by atoms with Crippen LogP contribution in [0.25, 0.3) is 11.3 Å². The van der Waals surface area contributed by atoms with Crippen LogP contribution < -0.4 is 14.4 Å². The normalized spacial score (nSPS) is 18.2. The van der Waals surface area contributed by atoms with Crippen molar-refractivity contribution in [2.24, 2.45) is 5.41 Å². The number of amides is 1. The number of anilines is 2. The lowest BCUT2D eigenvalue weighted by molar-refractivity contribution is 0.0505. The first-order valence-corrected chi connectivity index (χ1v) is 17.5. The van der Waals surface area contributed by atoms with Gasteiger partial charge in [-0.25, -0.2) is 28.1 Å². The zero-order valence-corrected chi connectivity index (χ0v) is 28.7. The van der Waals surface area contributed by atoms with E-state index in [0.717, 1.165) is 22.5 Å². The van der Waals surface area contributed by atoms with Gasteiger partial charge in [-0.3, -0.25) is 4.79 Å². The van der Waals surface area contributed by atoms with Crippen LogP contribution in [0.3, 0.4) is 0 Å². The Labute approximate surface area is 281 Å². The van der Waals surface area contributed by atoms with Crippen molar-refractivity contribution >= 4 is 27.7 Å². The summed E-state index contributed by atoms with van der Waals surface area (Å²) in [6.07, 6.45) is 2.27. The number of sulfonamides is 1. The molecule has 1 saturated heterocycles. The number of hydrogen-bond donors (Lipinski definition) is 1. The van der Waals surface area contributed by atoms with E-state index in [4.69, 9.17) is 14.5 Å². The van der Waals surface area contributed by atoms with Crippen LogP contribution in [0, 0.1) is 19.3 Å². The molecule has 1 amide bonds. The number of aryl methyl sites for hydroxylation is 2. The molecule has 48 heavy (non-hydrogen) atoms. The second-order valence-electron chi connectivity index (χ2n) is 13.4. The second-order valence-corrected chi connectivity index (χ2v) is 15.1. The van der Waals surface area contributed by atoms with Gasteiger partial charge < -0.3 is 19.3 Å². The zero-order chi connectivity index (χ0) is 34.1. The highest BCUT2D eigenvalue weighted by molar-refractivity contribution is 7.92. The fraction of sp³-hybridized carbons (Fsp3) is 0.400. The Balaban J connectivity index is 1.46. The van der Waals surface area contributed by atoms with E-state index in [9.17, 15) is 13.2 Å². The molecule has 252 valence electrons. The molecule has 0 radical (unpaired) electrons. The number of carbonyl (C=O) groups is 1. The van der Waals surface area contributed by atoms with Crippen molar-refractivity contribution in [3.8, 4) is 17.1 Å². The minimum Gasteiger partial charge on any atom is -0.475 e. The average Bonchev–Trinajstić information content (AvgIpc) is 3.05. The maximum absolute atomic E-state index is 14.5. The summed E-state index contributed by atoms with van der Waals surface area (Å²) in [5.41, 5.74) is 3.33. The van der Waals surface area contributed by atoms with Gasteiger partial charge in [-0.2, -0.15) is 4.98 Å². The maximum atomic E-state index is 14.5. The highest BCUT2D eigenvalue weighted by Crippen LogP contribution is 2.31. The number of nitrogens with zero attached hydrogens (tertiary/aromatic N) is 6. The predicted molar refractivity (Wildman–Crippen MR) is 182 cm³/mol. The summed E-state index contributed by atoms with van der Waals surface area (Å²) < 4.78 is 41.8. The molecule has 4 aromatic rings. The monoisotopic (exact) mass is 671 g/mol. The van der Waals surface area contributed by atoms with Crippen molar-refractivity contribution in [3.63, 3.8) is 0 Å². The van der Waals surface area contributed by atoms with Gasteiger partial charge in [0.1, 0.15) is 18.2 Å². The Bertz CT molecular complexity index is 1900. The van der Waals surface area contributed by atoms with E-state index >= 15 is 0 Å². The smallest absolute Gasteiger partial charge is 0.264 e. The summed E-state index contributed by atoms with van der Waals surface area (Å²) in [5.74, 6) is 0.917. The van der Waals surface area contributed by atoms with Crippen LogP contribution in [0.2, 0.25) is 0 Å². The molecule has 4 heterocycles. The van der Waals surface area contributed by atoms with E-state index in [-0.39, 0.29) is 46.8 Å². The van der Waals surface area contributed by atoms with Gasteiger partial charge in [-0.05, 0) is 61.1 Å². The molecule has 6 rings (SSSR count). The number of benzene rings is 2. The average molecular weight is 672 g/mol. The lowest BCUT2D eigenvalue weighted by Gasteiger charge is -2.35. The highest BCUT2D eigenvalue weighted by Gasteiger charge is 2.32. The van der Waals surface area contributed by atoms with Crippen molar-refractivity contribution in [2.45, 2.75) is 58.5 Å². The summed E-state index contributed by atoms with van der Waals surface area (Å²) in [7, 11) is -4.18. The molecule has 0 saturated carbocycles. The number of morpholine rings is 1. The SMILES string of the molecule is Cc1cccc(C)c1-c1cc2nc(n1)NS(=O)(=O)c1cccc(c1)C(=O)N(Cc1nccc(N3CCOCC3)n1)[C@H](CC(C)(C)C)CO2. The van der Waals surface area contributed by atoms with Crippen molar-refractivity contribution in [1.82, 2.24) is 24.8 Å². The van der Waals surface area contributed by atoms with Gasteiger partial charge in [0.15, 0.2) is 0 Å². The molecule has 2 aliphatic heterocycles. The van der Waals surface area contributed by atoms with E-state index in [0.29, 0.717) is 44.2 Å². The van der Waals surface area contributed by atoms with Crippen LogP contribution >= 0.6 is 0 Å². The molecule has 2 aliphatic rings. The summed E-state index contributed by atoms with van der Waals surface area (Å²) in [5, 5.41) is 0. The molecule has 13 heteroatoms. The number of aromatic nitrogens is 4. The molecular weight excluding hydrogens is 630 g/mol. The molecule has 0 spiro atoms. The Morgan fingerprint density at radius 3 is 2.42 bits per heavy atom. The Morgan fingerprint density at radius 1 is 0.958 bits per heavy atom. The lowest BCUT2D eigenvalue weighted by atomic mass is 9.87. The van der Waals surface area contributed by atoms with E-state index < -0.39 is 16.1 Å². The maximum Gasteiger partial charge on any atom is 0.264 e. The number of fused-ring (bicyclic) bond motifs is 4. The van der Waals surface area contributed by atoms with Crippen LogP contribution in [0.15, 0.2) is 65.7 Å². The zero-order valence-electron chi connectivity index (χ0n) is 27.9. The van der Waals surface area contributed by atoms with Gasteiger partial charge in [-0.1, -0.05) is 45.0 Å². The number of ether oxygens (including phenoxy) is 2. The van der Waals surface area contributed by atoms with Crippen molar-refractivity contribution < 1.29 is 22.7 Å². The molecule has 1 N–H and O–H groups in total. The van der Waals surface area contributed by atoms with Crippen LogP contribution in [-0.2, 0) is 21.3 Å². The summed E-state index contributed by atoms with van der Waals surface area (Å²) in [6, 6.07) is 15.0. The highest BCUT2D eigenvalue weighted by atomic mass is 32.2. The second kappa shape index (κ2) is 13.5. The third-order valence-electron chi connectivity index (χ3n) is 8.37. The number of rotatable bonds is 5. The van der Waals surface area contributed by atoms with E-state index in [1.54, 1.807) is 29.3 Å². The quantitative estimate of drug-likeness (QED) is 0.307. The number of nitrogens with one attached hydrogen (secondary N) is 1. The predicted octanol–water partition coefficient (Wildman–Crippen LogP) is 5.03. The Hall–Kier alpha value is -4.62. The first-order chi connectivity index (χ1) is 22.9. The molecular formula is C35H41N7O5S.